The van der Waals surface area contributed by atoms with Gasteiger partial charge in [-0.3, -0.25) is 4.79 Å². The minimum Gasteiger partial charge on any atom is -0.467 e. The maximum atomic E-state index is 13.1. The van der Waals surface area contributed by atoms with Crippen LogP contribution < -0.4 is 0 Å². The highest BCUT2D eigenvalue weighted by Crippen LogP contribution is 2.34. The number of hydrogen-bond donors (Lipinski definition) is 0. The zero-order valence-corrected chi connectivity index (χ0v) is 17.8. The van der Waals surface area contributed by atoms with Crippen LogP contribution in [0.3, 0.4) is 0 Å². The minimum atomic E-state index is -0.240. The highest BCUT2D eigenvalue weighted by molar-refractivity contribution is 8.00. The van der Waals surface area contributed by atoms with Crippen molar-refractivity contribution in [1.82, 2.24) is 15.0 Å². The maximum absolute atomic E-state index is 13.1. The summed E-state index contributed by atoms with van der Waals surface area (Å²) in [5.74, 6) is 0.899. The van der Waals surface area contributed by atoms with E-state index >= 15 is 0 Å². The molecule has 6 nitrogen and oxygen atoms in total. The number of hydrazone groups is 1. The molecular formula is C22H18N4O2S2. The normalized spacial score (nSPS) is 16.2. The average molecular weight is 435 g/mol. The Kier molecular flexibility index (Phi) is 5.10. The summed E-state index contributed by atoms with van der Waals surface area (Å²) in [4.78, 5) is 22.7. The third-order valence-electron chi connectivity index (χ3n) is 4.98. The quantitative estimate of drug-likeness (QED) is 0.324. The maximum Gasteiger partial charge on any atom is 0.253 e. The van der Waals surface area contributed by atoms with Crippen molar-refractivity contribution >= 4 is 44.9 Å². The summed E-state index contributed by atoms with van der Waals surface area (Å²) in [6.45, 7) is 2.05. The Bertz CT molecular complexity index is 1220. The number of nitrogens with zero attached hydrogens (tertiary/aromatic N) is 4. The monoisotopic (exact) mass is 434 g/mol. The number of benzene rings is 1. The predicted octanol–water partition coefficient (Wildman–Crippen LogP) is 5.06. The Morgan fingerprint density at radius 3 is 2.90 bits per heavy atom. The van der Waals surface area contributed by atoms with E-state index in [1.54, 1.807) is 28.9 Å². The van der Waals surface area contributed by atoms with Gasteiger partial charge in [0.05, 0.1) is 17.7 Å². The van der Waals surface area contributed by atoms with Crippen LogP contribution in [0.2, 0.25) is 0 Å². The molecule has 150 valence electrons. The molecule has 0 saturated heterocycles. The van der Waals surface area contributed by atoms with Gasteiger partial charge < -0.3 is 4.42 Å². The van der Waals surface area contributed by atoms with Crippen molar-refractivity contribution in [2.24, 2.45) is 5.10 Å². The van der Waals surface area contributed by atoms with Gasteiger partial charge in [-0.15, -0.1) is 11.3 Å². The lowest BCUT2D eigenvalue weighted by Gasteiger charge is -2.19. The number of amides is 1. The van der Waals surface area contributed by atoms with Crippen molar-refractivity contribution in [1.29, 1.82) is 0 Å². The molecule has 1 aliphatic heterocycles. The number of carbonyl (C=O) groups is 1. The van der Waals surface area contributed by atoms with E-state index in [0.717, 1.165) is 32.3 Å². The van der Waals surface area contributed by atoms with E-state index in [4.69, 9.17) is 4.42 Å². The first-order chi connectivity index (χ1) is 14.7. The fourth-order valence-electron chi connectivity index (χ4n) is 3.44. The minimum absolute atomic E-state index is 0.0782. The summed E-state index contributed by atoms with van der Waals surface area (Å²) >= 11 is 2.98. The van der Waals surface area contributed by atoms with Crippen LogP contribution in [0, 0.1) is 6.92 Å². The smallest absolute Gasteiger partial charge is 0.253 e. The molecule has 30 heavy (non-hydrogen) atoms. The molecule has 4 aromatic rings. The van der Waals surface area contributed by atoms with Crippen LogP contribution in [0.4, 0.5) is 0 Å². The van der Waals surface area contributed by atoms with Gasteiger partial charge in [0.2, 0.25) is 0 Å². The molecule has 0 aliphatic carbocycles. The van der Waals surface area contributed by atoms with E-state index in [9.17, 15) is 4.79 Å². The number of hydrogen-bond acceptors (Lipinski definition) is 7. The highest BCUT2D eigenvalue weighted by atomic mass is 32.2. The molecule has 4 heterocycles. The summed E-state index contributed by atoms with van der Waals surface area (Å²) in [5.41, 5.74) is 3.10. The molecule has 5 rings (SSSR count). The molecule has 0 saturated carbocycles. The summed E-state index contributed by atoms with van der Waals surface area (Å²) in [5, 5.41) is 10.0. The lowest BCUT2D eigenvalue weighted by Crippen LogP contribution is -2.28. The predicted molar refractivity (Wildman–Crippen MR) is 119 cm³/mol. The molecule has 0 fully saturated rings. The SMILES string of the molecule is Cc1ccc(C2=NN(C(=O)CSc3ncnc4sccc34)C(c3ccco3)C2)cc1. The number of thiophene rings is 1. The van der Waals surface area contributed by atoms with Gasteiger partial charge in [-0.2, -0.15) is 5.10 Å². The first-order valence-electron chi connectivity index (χ1n) is 9.50. The van der Waals surface area contributed by atoms with E-state index in [0.29, 0.717) is 6.42 Å². The zero-order chi connectivity index (χ0) is 20.5. The summed E-state index contributed by atoms with van der Waals surface area (Å²) in [6, 6.07) is 13.7. The van der Waals surface area contributed by atoms with Crippen LogP contribution in [0.25, 0.3) is 10.2 Å². The van der Waals surface area contributed by atoms with Crippen molar-refractivity contribution in [2.45, 2.75) is 24.4 Å². The van der Waals surface area contributed by atoms with Gasteiger partial charge in [-0.05, 0) is 36.1 Å². The topological polar surface area (TPSA) is 71.6 Å². The van der Waals surface area contributed by atoms with Crippen molar-refractivity contribution in [2.75, 3.05) is 5.75 Å². The van der Waals surface area contributed by atoms with Crippen LogP contribution in [-0.4, -0.2) is 32.3 Å². The largest absolute Gasteiger partial charge is 0.467 e. The number of fused-ring (bicyclic) bond motifs is 1. The summed E-state index contributed by atoms with van der Waals surface area (Å²) in [6.07, 6.45) is 3.79. The van der Waals surface area contributed by atoms with Crippen LogP contribution in [-0.2, 0) is 4.79 Å². The average Bonchev–Trinajstić information content (AvgIpc) is 3.52. The number of carbonyl (C=O) groups excluding carboxylic acids is 1. The Hall–Kier alpha value is -2.97. The van der Waals surface area contributed by atoms with Gasteiger partial charge in [0.15, 0.2) is 0 Å². The number of rotatable bonds is 5. The summed E-state index contributed by atoms with van der Waals surface area (Å²) < 4.78 is 5.62. The highest BCUT2D eigenvalue weighted by Gasteiger charge is 2.34. The van der Waals surface area contributed by atoms with Crippen LogP contribution >= 0.6 is 23.1 Å². The molecule has 0 bridgehead atoms. The molecule has 8 heteroatoms. The van der Waals surface area contributed by atoms with Crippen molar-refractivity contribution in [3.05, 3.63) is 77.3 Å². The zero-order valence-electron chi connectivity index (χ0n) is 16.2. The number of aryl methyl sites for hydroxylation is 1. The molecule has 0 radical (unpaired) electrons. The molecule has 3 aromatic heterocycles. The Balaban J connectivity index is 1.39. The van der Waals surface area contributed by atoms with E-state index in [1.807, 2.05) is 35.7 Å². The van der Waals surface area contributed by atoms with Crippen LogP contribution in [0.5, 0.6) is 0 Å². The van der Waals surface area contributed by atoms with Gasteiger partial charge in [0.25, 0.3) is 5.91 Å². The van der Waals surface area contributed by atoms with Gasteiger partial charge in [-0.1, -0.05) is 41.6 Å². The molecule has 0 spiro atoms. The molecule has 1 amide bonds. The standard InChI is InChI=1S/C22H18N4O2S2/c1-14-4-6-15(7-5-14)17-11-18(19-3-2-9-28-19)26(25-17)20(27)12-30-22-16-8-10-29-21(16)23-13-24-22/h2-10,13,18H,11-12H2,1H3. The Morgan fingerprint density at radius 1 is 1.23 bits per heavy atom. The second-order valence-corrected chi connectivity index (χ2v) is 8.85. The Morgan fingerprint density at radius 2 is 2.10 bits per heavy atom. The third kappa shape index (κ3) is 3.64. The van der Waals surface area contributed by atoms with E-state index < -0.39 is 0 Å². The van der Waals surface area contributed by atoms with Gasteiger partial charge >= 0.3 is 0 Å². The van der Waals surface area contributed by atoms with Crippen molar-refractivity contribution in [3.8, 4) is 0 Å². The molecule has 1 atom stereocenters. The fraction of sp³-hybridized carbons (Fsp3) is 0.182. The first kappa shape index (κ1) is 19.0. The first-order valence-corrected chi connectivity index (χ1v) is 11.4. The van der Waals surface area contributed by atoms with Crippen LogP contribution in [0.15, 0.2) is 75.0 Å². The van der Waals surface area contributed by atoms with Crippen LogP contribution in [0.1, 0.15) is 29.3 Å². The lowest BCUT2D eigenvalue weighted by molar-refractivity contribution is -0.130. The van der Waals surface area contributed by atoms with Gasteiger partial charge in [0, 0.05) is 11.8 Å². The van der Waals surface area contributed by atoms with Crippen molar-refractivity contribution < 1.29 is 9.21 Å². The number of aromatic nitrogens is 2. The van der Waals surface area contributed by atoms with Crippen molar-refractivity contribution in [3.63, 3.8) is 0 Å². The summed E-state index contributed by atoms with van der Waals surface area (Å²) in [7, 11) is 0. The van der Waals surface area contributed by atoms with E-state index in [2.05, 4.69) is 34.1 Å². The molecule has 1 unspecified atom stereocenters. The molecule has 0 N–H and O–H groups in total. The second-order valence-electron chi connectivity index (χ2n) is 6.99. The van der Waals surface area contributed by atoms with Gasteiger partial charge in [0.1, 0.15) is 28.0 Å². The van der Waals surface area contributed by atoms with E-state index in [-0.39, 0.29) is 17.7 Å². The lowest BCUT2D eigenvalue weighted by atomic mass is 10.0. The number of thioether (sulfide) groups is 1. The van der Waals surface area contributed by atoms with Gasteiger partial charge in [-0.25, -0.2) is 15.0 Å². The second kappa shape index (κ2) is 8.04. The molecular weight excluding hydrogens is 416 g/mol. The molecule has 1 aromatic carbocycles. The Labute approximate surface area is 181 Å². The molecule has 1 aliphatic rings. The number of furan rings is 1. The third-order valence-corrected chi connectivity index (χ3v) is 6.79. The fourth-order valence-corrected chi connectivity index (χ4v) is 5.07. The van der Waals surface area contributed by atoms with E-state index in [1.165, 1.54) is 17.3 Å².